The molecule has 2 rings (SSSR count). The van der Waals surface area contributed by atoms with Crippen molar-refractivity contribution in [3.8, 4) is 0 Å². The van der Waals surface area contributed by atoms with Gasteiger partial charge in [-0.1, -0.05) is 25.8 Å². The van der Waals surface area contributed by atoms with Crippen molar-refractivity contribution in [2.75, 3.05) is 6.54 Å². The molecule has 1 saturated carbocycles. The van der Waals surface area contributed by atoms with Crippen LogP contribution in [0.1, 0.15) is 44.3 Å². The quantitative estimate of drug-likeness (QED) is 0.770. The van der Waals surface area contributed by atoms with Crippen LogP contribution in [0, 0.1) is 5.92 Å². The minimum Gasteiger partial charge on any atom is -0.309 e. The van der Waals surface area contributed by atoms with Crippen molar-refractivity contribution in [1.82, 2.24) is 10.3 Å². The van der Waals surface area contributed by atoms with Crippen LogP contribution in [0.2, 0.25) is 0 Å². The highest BCUT2D eigenvalue weighted by molar-refractivity contribution is 5.08. The molecule has 0 aliphatic heterocycles. The average molecular weight is 204 g/mol. The van der Waals surface area contributed by atoms with Gasteiger partial charge in [-0.25, -0.2) is 0 Å². The van der Waals surface area contributed by atoms with Gasteiger partial charge in [-0.3, -0.25) is 4.98 Å². The summed E-state index contributed by atoms with van der Waals surface area (Å²) >= 11 is 0. The second-order valence-corrected chi connectivity index (χ2v) is 4.39. The third-order valence-corrected chi connectivity index (χ3v) is 3.06. The number of hydrogen-bond donors (Lipinski definition) is 1. The van der Waals surface area contributed by atoms with Gasteiger partial charge < -0.3 is 5.32 Å². The average Bonchev–Trinajstić information content (AvgIpc) is 3.09. The molecule has 1 aromatic heterocycles. The van der Waals surface area contributed by atoms with Crippen LogP contribution < -0.4 is 5.32 Å². The van der Waals surface area contributed by atoms with E-state index in [0.717, 1.165) is 12.5 Å². The van der Waals surface area contributed by atoms with E-state index in [1.54, 1.807) is 0 Å². The maximum atomic E-state index is 4.43. The van der Waals surface area contributed by atoms with E-state index in [1.165, 1.54) is 31.4 Å². The van der Waals surface area contributed by atoms with Crippen molar-refractivity contribution in [1.29, 1.82) is 0 Å². The molecule has 0 radical (unpaired) electrons. The largest absolute Gasteiger partial charge is 0.309 e. The van der Waals surface area contributed by atoms with Crippen LogP contribution in [0.15, 0.2) is 24.4 Å². The second-order valence-electron chi connectivity index (χ2n) is 4.39. The molecule has 0 aromatic carbocycles. The molecule has 2 nitrogen and oxygen atoms in total. The molecule has 1 aromatic rings. The summed E-state index contributed by atoms with van der Waals surface area (Å²) in [5.74, 6) is 1.01. The van der Waals surface area contributed by atoms with Gasteiger partial charge in [-0.05, 0) is 37.4 Å². The molecule has 0 saturated heterocycles. The van der Waals surface area contributed by atoms with Gasteiger partial charge in [0.1, 0.15) is 0 Å². The Hall–Kier alpha value is -0.890. The summed E-state index contributed by atoms with van der Waals surface area (Å²) in [4.78, 5) is 4.43. The lowest BCUT2D eigenvalue weighted by molar-refractivity contribution is 0.472. The van der Waals surface area contributed by atoms with Gasteiger partial charge in [-0.15, -0.1) is 0 Å². The molecule has 1 fully saturated rings. The van der Waals surface area contributed by atoms with E-state index in [-0.39, 0.29) is 0 Å². The molecule has 1 heterocycles. The number of rotatable bonds is 6. The fourth-order valence-corrected chi connectivity index (χ4v) is 1.99. The highest BCUT2D eigenvalue weighted by Crippen LogP contribution is 2.35. The molecule has 0 bridgehead atoms. The van der Waals surface area contributed by atoms with E-state index in [9.17, 15) is 0 Å². The topological polar surface area (TPSA) is 24.9 Å². The zero-order chi connectivity index (χ0) is 10.5. The van der Waals surface area contributed by atoms with Gasteiger partial charge in [-0.2, -0.15) is 0 Å². The first kappa shape index (κ1) is 10.6. The van der Waals surface area contributed by atoms with Gasteiger partial charge in [0.2, 0.25) is 0 Å². The summed E-state index contributed by atoms with van der Waals surface area (Å²) in [7, 11) is 0. The Kier molecular flexibility index (Phi) is 3.73. The Labute approximate surface area is 92.1 Å². The number of hydrogen-bond acceptors (Lipinski definition) is 2. The summed E-state index contributed by atoms with van der Waals surface area (Å²) in [6.07, 6.45) is 7.36. The van der Waals surface area contributed by atoms with Crippen molar-refractivity contribution in [2.45, 2.75) is 38.6 Å². The molecular formula is C13H20N2. The minimum absolute atomic E-state index is 0.455. The van der Waals surface area contributed by atoms with Crippen molar-refractivity contribution >= 4 is 0 Å². The van der Waals surface area contributed by atoms with Crippen LogP contribution in [-0.4, -0.2) is 11.5 Å². The van der Waals surface area contributed by atoms with Crippen LogP contribution in [-0.2, 0) is 0 Å². The summed E-state index contributed by atoms with van der Waals surface area (Å²) in [5, 5.41) is 3.52. The van der Waals surface area contributed by atoms with E-state index >= 15 is 0 Å². The Morgan fingerprint density at radius 2 is 2.33 bits per heavy atom. The zero-order valence-electron chi connectivity index (χ0n) is 9.45. The minimum atomic E-state index is 0.455. The summed E-state index contributed by atoms with van der Waals surface area (Å²) in [6, 6.07) is 6.63. The van der Waals surface area contributed by atoms with Gasteiger partial charge >= 0.3 is 0 Å². The van der Waals surface area contributed by atoms with Crippen LogP contribution in [0.4, 0.5) is 0 Å². The highest BCUT2D eigenvalue weighted by atomic mass is 14.9. The Balaban J connectivity index is 1.91. The fraction of sp³-hybridized carbons (Fsp3) is 0.615. The maximum absolute atomic E-state index is 4.43. The Bertz CT molecular complexity index is 280. The summed E-state index contributed by atoms with van der Waals surface area (Å²) in [6.45, 7) is 3.18. The predicted octanol–water partition coefficient (Wildman–Crippen LogP) is 2.92. The first-order chi connectivity index (χ1) is 7.40. The van der Waals surface area contributed by atoms with Crippen LogP contribution in [0.5, 0.6) is 0 Å². The van der Waals surface area contributed by atoms with Crippen LogP contribution in [0.3, 0.4) is 0 Å². The predicted molar refractivity (Wildman–Crippen MR) is 62.6 cm³/mol. The molecule has 82 valence electrons. The SMILES string of the molecule is CCNC(CCC1CC1)c1ccccn1. The molecule has 1 aliphatic carbocycles. The van der Waals surface area contributed by atoms with E-state index in [1.807, 2.05) is 12.3 Å². The lowest BCUT2D eigenvalue weighted by Crippen LogP contribution is -2.21. The van der Waals surface area contributed by atoms with Gasteiger partial charge in [0.25, 0.3) is 0 Å². The standard InChI is InChI=1S/C13H20N2/c1-2-14-13(9-8-11-6-7-11)12-5-3-4-10-15-12/h3-5,10-11,13-14H,2,6-9H2,1H3. The van der Waals surface area contributed by atoms with E-state index in [0.29, 0.717) is 6.04 Å². The number of aromatic nitrogens is 1. The van der Waals surface area contributed by atoms with Crippen molar-refractivity contribution in [3.63, 3.8) is 0 Å². The van der Waals surface area contributed by atoms with Gasteiger partial charge in [0.15, 0.2) is 0 Å². The fourth-order valence-electron chi connectivity index (χ4n) is 1.99. The Morgan fingerprint density at radius 3 is 2.93 bits per heavy atom. The lowest BCUT2D eigenvalue weighted by atomic mass is 10.1. The number of nitrogens with zero attached hydrogens (tertiary/aromatic N) is 1. The molecule has 1 unspecified atom stereocenters. The summed E-state index contributed by atoms with van der Waals surface area (Å²) in [5.41, 5.74) is 1.19. The van der Waals surface area contributed by atoms with Crippen molar-refractivity contribution in [2.24, 2.45) is 5.92 Å². The highest BCUT2D eigenvalue weighted by Gasteiger charge is 2.23. The van der Waals surface area contributed by atoms with E-state index in [4.69, 9.17) is 0 Å². The second kappa shape index (κ2) is 5.26. The third-order valence-electron chi connectivity index (χ3n) is 3.06. The van der Waals surface area contributed by atoms with Gasteiger partial charge in [0.05, 0.1) is 5.69 Å². The van der Waals surface area contributed by atoms with Crippen LogP contribution in [0.25, 0.3) is 0 Å². The molecule has 1 atom stereocenters. The van der Waals surface area contributed by atoms with Crippen molar-refractivity contribution in [3.05, 3.63) is 30.1 Å². The molecule has 1 N–H and O–H groups in total. The lowest BCUT2D eigenvalue weighted by Gasteiger charge is -2.16. The maximum Gasteiger partial charge on any atom is 0.0573 e. The third kappa shape index (κ3) is 3.31. The first-order valence-electron chi connectivity index (χ1n) is 6.04. The molecule has 0 amide bonds. The van der Waals surface area contributed by atoms with Gasteiger partial charge in [0, 0.05) is 12.2 Å². The summed E-state index contributed by atoms with van der Waals surface area (Å²) < 4.78 is 0. The first-order valence-corrected chi connectivity index (χ1v) is 6.04. The van der Waals surface area contributed by atoms with Crippen molar-refractivity contribution < 1.29 is 0 Å². The Morgan fingerprint density at radius 1 is 1.47 bits per heavy atom. The molecule has 15 heavy (non-hydrogen) atoms. The van der Waals surface area contributed by atoms with Crippen LogP contribution >= 0.6 is 0 Å². The molecular weight excluding hydrogens is 184 g/mol. The normalized spacial score (nSPS) is 17.7. The molecule has 1 aliphatic rings. The monoisotopic (exact) mass is 204 g/mol. The smallest absolute Gasteiger partial charge is 0.0573 e. The van der Waals surface area contributed by atoms with E-state index < -0.39 is 0 Å². The molecule has 0 spiro atoms. The number of nitrogens with one attached hydrogen (secondary N) is 1. The van der Waals surface area contributed by atoms with E-state index in [2.05, 4.69) is 29.4 Å². The number of pyridine rings is 1. The molecule has 2 heteroatoms. The zero-order valence-corrected chi connectivity index (χ0v) is 9.45.